The Morgan fingerprint density at radius 2 is 2.17 bits per heavy atom. The van der Waals surface area contributed by atoms with Gasteiger partial charge < -0.3 is 0 Å². The highest BCUT2D eigenvalue weighted by atomic mass is 32.2. The van der Waals surface area contributed by atoms with Crippen LogP contribution in [0.15, 0.2) is 4.79 Å². The SMILES string of the molecule is CC(C)(C)SCc1n[nH]c(=O)[nH]1. The molecule has 5 heteroatoms. The van der Waals surface area contributed by atoms with Crippen molar-refractivity contribution in [1.82, 2.24) is 15.2 Å². The lowest BCUT2D eigenvalue weighted by atomic mass is 10.3. The molecule has 0 bridgehead atoms. The number of rotatable bonds is 2. The molecule has 12 heavy (non-hydrogen) atoms. The van der Waals surface area contributed by atoms with Gasteiger partial charge in [-0.2, -0.15) is 5.10 Å². The molecule has 0 aliphatic carbocycles. The second kappa shape index (κ2) is 3.35. The van der Waals surface area contributed by atoms with Crippen LogP contribution in [-0.4, -0.2) is 19.9 Å². The molecular formula is C7H13N3OS. The molecule has 2 N–H and O–H groups in total. The summed E-state index contributed by atoms with van der Waals surface area (Å²) in [5, 5.41) is 6.14. The van der Waals surface area contributed by atoms with E-state index in [1.165, 1.54) is 0 Å². The van der Waals surface area contributed by atoms with E-state index in [0.717, 1.165) is 5.75 Å². The molecule has 68 valence electrons. The molecule has 1 rings (SSSR count). The van der Waals surface area contributed by atoms with Crippen molar-refractivity contribution in [2.24, 2.45) is 0 Å². The smallest absolute Gasteiger partial charge is 0.292 e. The maximum Gasteiger partial charge on any atom is 0.340 e. The molecule has 0 saturated carbocycles. The van der Waals surface area contributed by atoms with E-state index in [0.29, 0.717) is 5.82 Å². The van der Waals surface area contributed by atoms with Crippen LogP contribution in [-0.2, 0) is 5.75 Å². The van der Waals surface area contributed by atoms with Crippen molar-refractivity contribution < 1.29 is 0 Å². The van der Waals surface area contributed by atoms with Crippen LogP contribution in [0.1, 0.15) is 26.6 Å². The van der Waals surface area contributed by atoms with Crippen LogP contribution in [0.3, 0.4) is 0 Å². The number of aromatic amines is 2. The number of thioether (sulfide) groups is 1. The fourth-order valence-corrected chi connectivity index (χ4v) is 1.36. The first-order valence-electron chi connectivity index (χ1n) is 3.75. The molecule has 0 saturated heterocycles. The first-order chi connectivity index (χ1) is 5.47. The normalized spacial score (nSPS) is 11.9. The van der Waals surface area contributed by atoms with E-state index in [-0.39, 0.29) is 10.4 Å². The molecule has 4 nitrogen and oxygen atoms in total. The van der Waals surface area contributed by atoms with E-state index >= 15 is 0 Å². The quantitative estimate of drug-likeness (QED) is 0.729. The third-order valence-electron chi connectivity index (χ3n) is 1.19. The van der Waals surface area contributed by atoms with E-state index < -0.39 is 0 Å². The van der Waals surface area contributed by atoms with Crippen LogP contribution >= 0.6 is 11.8 Å². The second-order valence-electron chi connectivity index (χ2n) is 3.53. The van der Waals surface area contributed by atoms with Crippen LogP contribution in [0.2, 0.25) is 0 Å². The van der Waals surface area contributed by atoms with Crippen molar-refractivity contribution in [3.05, 3.63) is 16.3 Å². The minimum atomic E-state index is -0.237. The molecule has 0 atom stereocenters. The highest BCUT2D eigenvalue weighted by molar-refractivity contribution is 7.99. The summed E-state index contributed by atoms with van der Waals surface area (Å²) >= 11 is 1.75. The molecule has 0 spiro atoms. The topological polar surface area (TPSA) is 61.5 Å². The lowest BCUT2D eigenvalue weighted by Crippen LogP contribution is -2.08. The summed E-state index contributed by atoms with van der Waals surface area (Å²) in [6.07, 6.45) is 0. The van der Waals surface area contributed by atoms with Crippen molar-refractivity contribution in [3.63, 3.8) is 0 Å². The highest BCUT2D eigenvalue weighted by Crippen LogP contribution is 2.25. The summed E-state index contributed by atoms with van der Waals surface area (Å²) in [7, 11) is 0. The predicted molar refractivity (Wildman–Crippen MR) is 50.3 cm³/mol. The summed E-state index contributed by atoms with van der Waals surface area (Å²) in [6.45, 7) is 6.38. The Labute approximate surface area is 75.2 Å². The lowest BCUT2D eigenvalue weighted by molar-refractivity contribution is 0.800. The van der Waals surface area contributed by atoms with Gasteiger partial charge in [-0.15, -0.1) is 11.8 Å². The zero-order chi connectivity index (χ0) is 9.19. The number of H-pyrrole nitrogens is 2. The molecule has 1 heterocycles. The maximum absolute atomic E-state index is 10.6. The van der Waals surface area contributed by atoms with Crippen LogP contribution in [0.5, 0.6) is 0 Å². The Balaban J connectivity index is 2.49. The molecule has 0 aliphatic rings. The summed E-state index contributed by atoms with van der Waals surface area (Å²) in [4.78, 5) is 13.2. The summed E-state index contributed by atoms with van der Waals surface area (Å²) < 4.78 is 0.204. The van der Waals surface area contributed by atoms with Gasteiger partial charge in [0.05, 0.1) is 5.75 Å². The number of nitrogens with zero attached hydrogens (tertiary/aromatic N) is 1. The van der Waals surface area contributed by atoms with Gasteiger partial charge in [-0.25, -0.2) is 9.89 Å². The molecule has 0 fully saturated rings. The Hall–Kier alpha value is -0.710. The predicted octanol–water partition coefficient (Wildman–Crippen LogP) is 1.13. The van der Waals surface area contributed by atoms with Gasteiger partial charge in [-0.3, -0.25) is 4.98 Å². The Morgan fingerprint density at radius 1 is 1.50 bits per heavy atom. The molecule has 0 radical (unpaired) electrons. The minimum absolute atomic E-state index is 0.204. The van der Waals surface area contributed by atoms with Gasteiger partial charge in [0.2, 0.25) is 0 Å². The van der Waals surface area contributed by atoms with Crippen LogP contribution in [0.4, 0.5) is 0 Å². The lowest BCUT2D eigenvalue weighted by Gasteiger charge is -2.15. The van der Waals surface area contributed by atoms with E-state index in [1.807, 2.05) is 0 Å². The standard InChI is InChI=1S/C7H13N3OS/c1-7(2,3)12-4-5-8-6(11)10-9-5/h4H2,1-3H3,(H2,8,9,10,11). The average Bonchev–Trinajstić information content (AvgIpc) is 2.30. The third kappa shape index (κ3) is 3.13. The summed E-state index contributed by atoms with van der Waals surface area (Å²) in [6, 6.07) is 0. The molecule has 0 aliphatic heterocycles. The number of nitrogens with one attached hydrogen (secondary N) is 2. The molecule has 0 unspecified atom stereocenters. The van der Waals surface area contributed by atoms with E-state index in [1.54, 1.807) is 11.8 Å². The van der Waals surface area contributed by atoms with Gasteiger partial charge in [0.25, 0.3) is 0 Å². The van der Waals surface area contributed by atoms with Gasteiger partial charge in [0.1, 0.15) is 5.82 Å². The zero-order valence-electron chi connectivity index (χ0n) is 7.47. The van der Waals surface area contributed by atoms with E-state index in [2.05, 4.69) is 36.0 Å². The molecule has 0 aromatic carbocycles. The van der Waals surface area contributed by atoms with Crippen molar-refractivity contribution in [1.29, 1.82) is 0 Å². The average molecular weight is 187 g/mol. The largest absolute Gasteiger partial charge is 0.340 e. The Morgan fingerprint density at radius 3 is 2.58 bits per heavy atom. The summed E-state index contributed by atoms with van der Waals surface area (Å²) in [5.41, 5.74) is -0.237. The fraction of sp³-hybridized carbons (Fsp3) is 0.714. The molecule has 1 aromatic rings. The van der Waals surface area contributed by atoms with Gasteiger partial charge in [-0.1, -0.05) is 20.8 Å². The van der Waals surface area contributed by atoms with Crippen molar-refractivity contribution in [2.45, 2.75) is 31.3 Å². The number of hydrogen-bond acceptors (Lipinski definition) is 3. The minimum Gasteiger partial charge on any atom is -0.292 e. The van der Waals surface area contributed by atoms with Crippen molar-refractivity contribution >= 4 is 11.8 Å². The maximum atomic E-state index is 10.6. The number of aromatic nitrogens is 3. The highest BCUT2D eigenvalue weighted by Gasteiger charge is 2.11. The zero-order valence-corrected chi connectivity index (χ0v) is 8.29. The van der Waals surface area contributed by atoms with Gasteiger partial charge >= 0.3 is 5.69 Å². The Kier molecular flexibility index (Phi) is 2.62. The summed E-state index contributed by atoms with van der Waals surface area (Å²) in [5.74, 6) is 1.45. The van der Waals surface area contributed by atoms with E-state index in [9.17, 15) is 4.79 Å². The van der Waals surface area contributed by atoms with Crippen molar-refractivity contribution in [3.8, 4) is 0 Å². The van der Waals surface area contributed by atoms with Crippen LogP contribution < -0.4 is 5.69 Å². The monoisotopic (exact) mass is 187 g/mol. The van der Waals surface area contributed by atoms with E-state index in [4.69, 9.17) is 0 Å². The molecule has 0 amide bonds. The van der Waals surface area contributed by atoms with Crippen LogP contribution in [0, 0.1) is 0 Å². The number of hydrogen-bond donors (Lipinski definition) is 2. The van der Waals surface area contributed by atoms with Gasteiger partial charge in [0.15, 0.2) is 0 Å². The van der Waals surface area contributed by atoms with Gasteiger partial charge in [-0.05, 0) is 0 Å². The Bertz CT molecular complexity index is 296. The third-order valence-corrected chi connectivity index (χ3v) is 2.48. The van der Waals surface area contributed by atoms with Crippen molar-refractivity contribution in [2.75, 3.05) is 0 Å². The van der Waals surface area contributed by atoms with Crippen LogP contribution in [0.25, 0.3) is 0 Å². The fourth-order valence-electron chi connectivity index (χ4n) is 0.658. The first-order valence-corrected chi connectivity index (χ1v) is 4.73. The van der Waals surface area contributed by atoms with Gasteiger partial charge in [0, 0.05) is 4.75 Å². The second-order valence-corrected chi connectivity index (χ2v) is 5.33. The molecular weight excluding hydrogens is 174 g/mol. The molecule has 1 aromatic heterocycles. The first kappa shape index (κ1) is 9.38.